The minimum atomic E-state index is -3.86. The Hall–Kier alpha value is -11.6. The van der Waals surface area contributed by atoms with Gasteiger partial charge >= 0.3 is 0 Å². The standard InChI is InChI=1S/C42H46BrFN8O11S.C28H37BrFN7O7S.C13H9FN2O4/c1-25-23-27(48-42-46-24-29(43)38(51-42)49-31-9-3-8-30(44)36(31)37(45)54)10-12-33(25)64(58,59)47-14-16-61-18-20-63-22-21-62-19-17-60-15-4-6-26-5-2-7-28-35(26)41(57)52(40(28)56)32-11-13-34(53)50-39(32)55;1-19-17-20(35-28-33-18-21(29)27(37-28)36-23-4-2-3-22(30)25(23)26(32)38)5-6-24(19)45(39,40)34-8-10-42-12-14-44-16-15-43-13-11-41-9-7-31;14-7-3-1-2-6-10(7)13(20)16(12(6)19)8-4-5-9(17)15-11(8)18/h2-3,5,7-10,12,23-24,32,47H,4,6,11,13-22H2,1H3,(H2,45,54)(H,50,53,55)(H2,46,48,49,51);2-6,17-18,34H,7-16,31H2,1H3,(H2,32,38)(H2,33,35,36,37);1-3,8H,4-5H2,(H,15,17,18). The Morgan fingerprint density at radius 1 is 0.473 bits per heavy atom. The monoisotopic (exact) mass is 1960 g/mol. The van der Waals surface area contributed by atoms with Crippen LogP contribution in [0.25, 0.3) is 0 Å². The molecule has 2 unspecified atom stereocenters. The number of anilines is 8. The van der Waals surface area contributed by atoms with Crippen LogP contribution in [-0.2, 0) is 83.5 Å². The maximum atomic E-state index is 14.3. The molecular weight excluding hydrogens is 1870 g/mol. The predicted octanol–water partition coefficient (Wildman–Crippen LogP) is 6.45. The van der Waals surface area contributed by atoms with Crippen LogP contribution in [0.15, 0.2) is 140 Å². The quantitative estimate of drug-likeness (QED) is 0.0144. The van der Waals surface area contributed by atoms with Crippen molar-refractivity contribution in [2.45, 2.75) is 74.2 Å². The Morgan fingerprint density at radius 3 is 1.24 bits per heavy atom. The van der Waals surface area contributed by atoms with Crippen molar-refractivity contribution in [3.05, 3.63) is 198 Å². The van der Waals surface area contributed by atoms with Crippen LogP contribution in [0.3, 0.4) is 0 Å². The summed E-state index contributed by atoms with van der Waals surface area (Å²) in [5.41, 5.74) is 18.4. The molecule has 2 atom stereocenters. The molecule has 6 aromatic carbocycles. The molecule has 0 spiro atoms. The van der Waals surface area contributed by atoms with Gasteiger partial charge in [0.1, 0.15) is 41.2 Å². The van der Waals surface area contributed by atoms with E-state index in [9.17, 15) is 78.0 Å². The SMILES string of the molecule is Cc1cc(Nc2ncc(Br)c(Nc3cccc(F)c3C(N)=O)n2)ccc1S(=O)(=O)NCCOCCOCCOCCOCCCc1cccc2c1C(=O)N(C1CCC(=O)NC1=O)C2=O.Cc1cc(Nc2ncc(Br)c(Nc3cccc(F)c3C(N)=O)n2)ccc1S(=O)(=O)NCCOCCOCCOCCOCCN.O=C1CCC(N2C(=O)c3cccc(F)c3C2=O)C(=O)N1. The van der Waals surface area contributed by atoms with Crippen LogP contribution in [-0.4, -0.2) is 243 Å². The Balaban J connectivity index is 0.000000229. The van der Waals surface area contributed by atoms with Crippen molar-refractivity contribution < 1.29 is 116 Å². The molecule has 129 heavy (non-hydrogen) atoms. The van der Waals surface area contributed by atoms with E-state index in [1.807, 2.05) is 0 Å². The van der Waals surface area contributed by atoms with Gasteiger partial charge in [0.15, 0.2) is 0 Å². The summed E-state index contributed by atoms with van der Waals surface area (Å²) in [5, 5.41) is 16.1. The number of fused-ring (bicyclic) bond motifs is 2. The first-order chi connectivity index (χ1) is 61.9. The van der Waals surface area contributed by atoms with E-state index in [0.29, 0.717) is 136 Å². The Morgan fingerprint density at radius 2 is 0.845 bits per heavy atom. The molecule has 2 fully saturated rings. The van der Waals surface area contributed by atoms with Crippen LogP contribution >= 0.6 is 31.9 Å². The second kappa shape index (κ2) is 48.2. The summed E-state index contributed by atoms with van der Waals surface area (Å²) in [5.74, 6) is -8.33. The number of rotatable bonds is 46. The smallest absolute Gasteiger partial charge is 0.265 e. The highest BCUT2D eigenvalue weighted by Crippen LogP contribution is 2.35. The van der Waals surface area contributed by atoms with E-state index in [4.69, 9.17) is 55.1 Å². The van der Waals surface area contributed by atoms with E-state index >= 15 is 0 Å². The van der Waals surface area contributed by atoms with E-state index in [1.165, 1.54) is 60.9 Å². The third-order valence-corrected chi connectivity index (χ3v) is 23.6. The lowest BCUT2D eigenvalue weighted by atomic mass is 9.99. The van der Waals surface area contributed by atoms with Gasteiger partial charge in [-0.1, -0.05) is 30.3 Å². The van der Waals surface area contributed by atoms with E-state index in [1.54, 1.807) is 56.3 Å². The van der Waals surface area contributed by atoms with Gasteiger partial charge in [0.25, 0.3) is 35.4 Å². The molecule has 10 amide bonds. The Kier molecular flexibility index (Phi) is 37.2. The van der Waals surface area contributed by atoms with Gasteiger partial charge < -0.3 is 76.4 Å². The van der Waals surface area contributed by atoms with E-state index in [2.05, 4.69) is 93.1 Å². The normalized spacial score (nSPS) is 14.9. The molecule has 4 aliphatic heterocycles. The van der Waals surface area contributed by atoms with Crippen LogP contribution in [0.4, 0.5) is 59.5 Å². The maximum Gasteiger partial charge on any atom is 0.265 e. The van der Waals surface area contributed by atoms with Crippen LogP contribution in [0.5, 0.6) is 0 Å². The Labute approximate surface area is 754 Å². The Bertz CT molecular complexity index is 5700. The zero-order chi connectivity index (χ0) is 92.9. The number of primary amides is 2. The molecule has 0 aliphatic carbocycles. The van der Waals surface area contributed by atoms with Crippen LogP contribution in [0.2, 0.25) is 0 Å². The number of nitrogens with one attached hydrogen (secondary N) is 8. The van der Waals surface area contributed by atoms with Crippen LogP contribution < -0.4 is 58.5 Å². The van der Waals surface area contributed by atoms with Crippen molar-refractivity contribution in [3.63, 3.8) is 0 Å². The third-order valence-electron chi connectivity index (χ3n) is 19.2. The van der Waals surface area contributed by atoms with Gasteiger partial charge in [0.05, 0.1) is 163 Å². The summed E-state index contributed by atoms with van der Waals surface area (Å²) < 4.78 is 143. The summed E-state index contributed by atoms with van der Waals surface area (Å²) in [6, 6.07) is 24.1. The first-order valence-corrected chi connectivity index (χ1v) is 44.6. The van der Waals surface area contributed by atoms with E-state index in [0.717, 1.165) is 28.0 Å². The number of carbonyl (C=O) groups excluding carboxylic acids is 10. The number of benzene rings is 6. The third kappa shape index (κ3) is 27.5. The number of amides is 10. The fourth-order valence-corrected chi connectivity index (χ4v) is 16.3. The van der Waals surface area contributed by atoms with Gasteiger partial charge in [-0.15, -0.1) is 0 Å². The number of nitrogens with zero attached hydrogens (tertiary/aromatic N) is 6. The largest absolute Gasteiger partial charge is 0.379 e. The van der Waals surface area contributed by atoms with E-state index in [-0.39, 0.29) is 143 Å². The maximum absolute atomic E-state index is 14.3. The second-order valence-electron chi connectivity index (χ2n) is 28.3. The first-order valence-electron chi connectivity index (χ1n) is 40.0. The van der Waals surface area contributed by atoms with Crippen LogP contribution in [0.1, 0.15) is 111 Å². The molecule has 0 radical (unpaired) electrons. The summed E-state index contributed by atoms with van der Waals surface area (Å²) >= 11 is 6.66. The van der Waals surface area contributed by atoms with Gasteiger partial charge in [0.2, 0.25) is 55.6 Å². The van der Waals surface area contributed by atoms with Crippen molar-refractivity contribution in [2.75, 3.05) is 147 Å². The van der Waals surface area contributed by atoms with Crippen molar-refractivity contribution in [1.82, 2.24) is 49.8 Å². The number of nitrogens with two attached hydrogens (primary N) is 3. The number of halogens is 5. The van der Waals surface area contributed by atoms with Gasteiger partial charge in [-0.2, -0.15) is 9.97 Å². The molecule has 2 aromatic heterocycles. The predicted molar refractivity (Wildman–Crippen MR) is 465 cm³/mol. The van der Waals surface area contributed by atoms with Crippen molar-refractivity contribution in [3.8, 4) is 0 Å². The molecular formula is C83H92Br2F3N17O22S2. The molecule has 4 aliphatic rings. The number of sulfonamides is 2. The lowest BCUT2D eigenvalue weighted by Gasteiger charge is -2.27. The summed E-state index contributed by atoms with van der Waals surface area (Å²) in [6.45, 7) is 9.41. The number of aryl methyl sites for hydroxylation is 3. The zero-order valence-electron chi connectivity index (χ0n) is 69.5. The van der Waals surface area contributed by atoms with Gasteiger partial charge in [-0.05, 0) is 167 Å². The number of piperidine rings is 2. The van der Waals surface area contributed by atoms with Crippen LogP contribution in [0, 0.1) is 31.3 Å². The number of hydrogen-bond donors (Lipinski definition) is 11. The fourth-order valence-electron chi connectivity index (χ4n) is 13.2. The zero-order valence-corrected chi connectivity index (χ0v) is 74.3. The molecule has 0 saturated carbocycles. The highest BCUT2D eigenvalue weighted by Gasteiger charge is 2.47. The molecule has 12 rings (SSSR count). The second-order valence-corrected chi connectivity index (χ2v) is 33.5. The van der Waals surface area contributed by atoms with Gasteiger partial charge in [-0.3, -0.25) is 68.4 Å². The molecule has 39 nitrogen and oxygen atoms in total. The number of ether oxygens (including phenoxy) is 8. The number of carbonyl (C=O) groups is 10. The lowest BCUT2D eigenvalue weighted by molar-refractivity contribution is -0.137. The molecule has 14 N–H and O–H groups in total. The molecule has 0 bridgehead atoms. The highest BCUT2D eigenvalue weighted by molar-refractivity contribution is 9.11. The topological polar surface area (TPSA) is 545 Å². The van der Waals surface area contributed by atoms with Crippen molar-refractivity contribution in [2.24, 2.45) is 17.2 Å². The lowest BCUT2D eigenvalue weighted by Crippen LogP contribution is -2.54. The van der Waals surface area contributed by atoms with Gasteiger partial charge in [-0.25, -0.2) is 49.4 Å². The van der Waals surface area contributed by atoms with Crippen molar-refractivity contribution >= 4 is 157 Å². The number of imide groups is 4. The fraction of sp³-hybridized carbons (Fsp3) is 0.349. The first kappa shape index (κ1) is 99.5. The van der Waals surface area contributed by atoms with Crippen molar-refractivity contribution in [1.29, 1.82) is 0 Å². The summed E-state index contributed by atoms with van der Waals surface area (Å²) in [6.07, 6.45) is 4.22. The van der Waals surface area contributed by atoms with Gasteiger partial charge in [0, 0.05) is 62.9 Å². The van der Waals surface area contributed by atoms with E-state index < -0.39 is 109 Å². The average molecular weight is 1960 g/mol. The summed E-state index contributed by atoms with van der Waals surface area (Å²) in [7, 11) is -7.66. The number of hydrogen-bond acceptors (Lipinski definition) is 31. The molecule has 6 heterocycles. The molecule has 2 saturated heterocycles. The minimum Gasteiger partial charge on any atom is -0.379 e. The summed E-state index contributed by atoms with van der Waals surface area (Å²) in [4.78, 5) is 140. The average Bonchev–Trinajstić information content (AvgIpc) is 1.60. The molecule has 688 valence electrons. The highest BCUT2D eigenvalue weighted by atomic mass is 79.9. The molecule has 8 aromatic rings. The number of aromatic nitrogens is 4. The minimum absolute atomic E-state index is 0.0324. The molecule has 46 heteroatoms.